The van der Waals surface area contributed by atoms with Gasteiger partial charge in [-0.1, -0.05) is 6.92 Å². The van der Waals surface area contributed by atoms with Crippen LogP contribution in [0, 0.1) is 13.8 Å². The highest BCUT2D eigenvalue weighted by Crippen LogP contribution is 2.26. The van der Waals surface area contributed by atoms with E-state index in [1.54, 1.807) is 11.3 Å². The van der Waals surface area contributed by atoms with E-state index in [-0.39, 0.29) is 6.04 Å². The summed E-state index contributed by atoms with van der Waals surface area (Å²) >= 11 is 1.70. The van der Waals surface area contributed by atoms with Crippen molar-refractivity contribution in [2.45, 2.75) is 52.6 Å². The molecule has 2 atom stereocenters. The molecule has 0 fully saturated rings. The summed E-state index contributed by atoms with van der Waals surface area (Å²) in [7, 11) is 0. The molecule has 0 radical (unpaired) electrons. The van der Waals surface area contributed by atoms with Crippen LogP contribution in [0.15, 0.2) is 12.3 Å². The monoisotopic (exact) mass is 293 g/mol. The SMILES string of the molecule is CCC(C)n1ccc(CC(NN)c2sc(C)nc2C)n1. The van der Waals surface area contributed by atoms with Crippen molar-refractivity contribution in [2.75, 3.05) is 0 Å². The molecule has 0 saturated heterocycles. The van der Waals surface area contributed by atoms with Crippen LogP contribution < -0.4 is 11.3 Å². The summed E-state index contributed by atoms with van der Waals surface area (Å²) in [6.07, 6.45) is 3.90. The number of nitrogens with one attached hydrogen (secondary N) is 1. The van der Waals surface area contributed by atoms with Gasteiger partial charge in [-0.2, -0.15) is 5.10 Å². The molecule has 2 aromatic heterocycles. The molecule has 5 nitrogen and oxygen atoms in total. The quantitative estimate of drug-likeness (QED) is 0.634. The van der Waals surface area contributed by atoms with Crippen molar-refractivity contribution in [3.8, 4) is 0 Å². The van der Waals surface area contributed by atoms with Crippen molar-refractivity contribution in [2.24, 2.45) is 5.84 Å². The van der Waals surface area contributed by atoms with Crippen molar-refractivity contribution in [3.63, 3.8) is 0 Å². The van der Waals surface area contributed by atoms with Gasteiger partial charge < -0.3 is 0 Å². The molecular formula is C14H23N5S. The Bertz CT molecular complexity index is 560. The highest BCUT2D eigenvalue weighted by Gasteiger charge is 2.18. The summed E-state index contributed by atoms with van der Waals surface area (Å²) in [4.78, 5) is 5.66. The van der Waals surface area contributed by atoms with Crippen LogP contribution in [-0.2, 0) is 6.42 Å². The number of hydrazine groups is 1. The summed E-state index contributed by atoms with van der Waals surface area (Å²) in [5, 5.41) is 5.71. The normalized spacial score (nSPS) is 14.4. The van der Waals surface area contributed by atoms with Crippen LogP contribution in [0.1, 0.15) is 53.6 Å². The van der Waals surface area contributed by atoms with Crippen molar-refractivity contribution >= 4 is 11.3 Å². The lowest BCUT2D eigenvalue weighted by Gasteiger charge is -2.14. The Morgan fingerprint density at radius 1 is 1.45 bits per heavy atom. The Morgan fingerprint density at radius 2 is 2.20 bits per heavy atom. The first-order valence-corrected chi connectivity index (χ1v) is 7.80. The Balaban J connectivity index is 2.14. The fraction of sp³-hybridized carbons (Fsp3) is 0.571. The molecule has 3 N–H and O–H groups in total. The molecule has 0 aliphatic rings. The third-order valence-electron chi connectivity index (χ3n) is 3.58. The van der Waals surface area contributed by atoms with E-state index >= 15 is 0 Å². The summed E-state index contributed by atoms with van der Waals surface area (Å²) in [6, 6.07) is 2.57. The minimum absolute atomic E-state index is 0.0708. The topological polar surface area (TPSA) is 68.8 Å². The highest BCUT2D eigenvalue weighted by atomic mass is 32.1. The van der Waals surface area contributed by atoms with Gasteiger partial charge in [0.05, 0.1) is 22.4 Å². The molecule has 0 aliphatic heterocycles. The van der Waals surface area contributed by atoms with E-state index in [0.29, 0.717) is 6.04 Å². The van der Waals surface area contributed by atoms with E-state index in [1.165, 1.54) is 4.88 Å². The fourth-order valence-corrected chi connectivity index (χ4v) is 3.21. The van der Waals surface area contributed by atoms with Gasteiger partial charge in [0, 0.05) is 23.5 Å². The summed E-state index contributed by atoms with van der Waals surface area (Å²) in [5.41, 5.74) is 5.00. The Labute approximate surface area is 124 Å². The molecule has 2 rings (SSSR count). The molecular weight excluding hydrogens is 270 g/mol. The number of aromatic nitrogens is 3. The van der Waals surface area contributed by atoms with Crippen molar-refractivity contribution < 1.29 is 0 Å². The van der Waals surface area contributed by atoms with E-state index < -0.39 is 0 Å². The summed E-state index contributed by atoms with van der Waals surface area (Å²) < 4.78 is 2.02. The predicted molar refractivity (Wildman–Crippen MR) is 82.6 cm³/mol. The number of hydrogen-bond donors (Lipinski definition) is 2. The average Bonchev–Trinajstić information content (AvgIpc) is 3.02. The lowest BCUT2D eigenvalue weighted by Crippen LogP contribution is -2.29. The van der Waals surface area contributed by atoms with Gasteiger partial charge in [0.25, 0.3) is 0 Å². The Morgan fingerprint density at radius 3 is 2.75 bits per heavy atom. The zero-order valence-corrected chi connectivity index (χ0v) is 13.4. The van der Waals surface area contributed by atoms with E-state index in [4.69, 9.17) is 5.84 Å². The number of rotatable bonds is 6. The van der Waals surface area contributed by atoms with Crippen LogP contribution in [0.2, 0.25) is 0 Å². The molecule has 0 aliphatic carbocycles. The maximum Gasteiger partial charge on any atom is 0.0900 e. The van der Waals surface area contributed by atoms with E-state index in [1.807, 2.05) is 24.7 Å². The standard InChI is InChI=1S/C14H23N5S/c1-5-9(2)19-7-6-12(18-19)8-13(17-15)14-10(3)16-11(4)20-14/h6-7,9,13,17H,5,8,15H2,1-4H3. The maximum absolute atomic E-state index is 5.72. The van der Waals surface area contributed by atoms with Gasteiger partial charge in [0.15, 0.2) is 0 Å². The van der Waals surface area contributed by atoms with Gasteiger partial charge in [-0.3, -0.25) is 16.0 Å². The first kappa shape index (κ1) is 15.2. The Kier molecular flexibility index (Phi) is 4.91. The average molecular weight is 293 g/mol. The van der Waals surface area contributed by atoms with Crippen LogP contribution in [0.25, 0.3) is 0 Å². The minimum Gasteiger partial charge on any atom is -0.271 e. The number of nitrogens with two attached hydrogens (primary N) is 1. The fourth-order valence-electron chi connectivity index (χ4n) is 2.23. The lowest BCUT2D eigenvalue weighted by atomic mass is 10.1. The number of aryl methyl sites for hydroxylation is 2. The van der Waals surface area contributed by atoms with E-state index in [9.17, 15) is 0 Å². The molecule has 0 saturated carbocycles. The number of nitrogens with zero attached hydrogens (tertiary/aromatic N) is 3. The molecule has 0 bridgehead atoms. The molecule has 0 spiro atoms. The Hall–Kier alpha value is -1.24. The van der Waals surface area contributed by atoms with E-state index in [0.717, 1.165) is 29.2 Å². The van der Waals surface area contributed by atoms with Crippen LogP contribution in [0.4, 0.5) is 0 Å². The van der Waals surface area contributed by atoms with Crippen LogP contribution >= 0.6 is 11.3 Å². The number of hydrogen-bond acceptors (Lipinski definition) is 5. The molecule has 2 aromatic rings. The van der Waals surface area contributed by atoms with Crippen molar-refractivity contribution in [1.82, 2.24) is 20.2 Å². The minimum atomic E-state index is 0.0708. The molecule has 0 aromatic carbocycles. The van der Waals surface area contributed by atoms with Crippen LogP contribution in [0.3, 0.4) is 0 Å². The third-order valence-corrected chi connectivity index (χ3v) is 4.76. The largest absolute Gasteiger partial charge is 0.271 e. The van der Waals surface area contributed by atoms with Gasteiger partial charge in [-0.15, -0.1) is 11.3 Å². The van der Waals surface area contributed by atoms with Crippen LogP contribution in [-0.4, -0.2) is 14.8 Å². The third kappa shape index (κ3) is 3.26. The van der Waals surface area contributed by atoms with Crippen molar-refractivity contribution in [3.05, 3.63) is 33.5 Å². The van der Waals surface area contributed by atoms with Gasteiger partial charge >= 0.3 is 0 Å². The second-order valence-electron chi connectivity index (χ2n) is 5.15. The maximum atomic E-state index is 5.72. The first-order valence-electron chi connectivity index (χ1n) is 6.99. The molecule has 20 heavy (non-hydrogen) atoms. The zero-order valence-electron chi connectivity index (χ0n) is 12.6. The molecule has 6 heteroatoms. The predicted octanol–water partition coefficient (Wildman–Crippen LogP) is 2.67. The zero-order chi connectivity index (χ0) is 14.7. The van der Waals surface area contributed by atoms with Crippen molar-refractivity contribution in [1.29, 1.82) is 0 Å². The van der Waals surface area contributed by atoms with Gasteiger partial charge in [-0.25, -0.2) is 4.98 Å². The lowest BCUT2D eigenvalue weighted by molar-refractivity contribution is 0.467. The first-order chi connectivity index (χ1) is 9.55. The number of thiazole rings is 1. The van der Waals surface area contributed by atoms with Gasteiger partial charge in [0.1, 0.15) is 0 Å². The van der Waals surface area contributed by atoms with Gasteiger partial charge in [0.2, 0.25) is 0 Å². The molecule has 0 amide bonds. The van der Waals surface area contributed by atoms with Gasteiger partial charge in [-0.05, 0) is 33.3 Å². The van der Waals surface area contributed by atoms with Crippen LogP contribution in [0.5, 0.6) is 0 Å². The second kappa shape index (κ2) is 6.47. The summed E-state index contributed by atoms with van der Waals surface area (Å²) in [5.74, 6) is 5.72. The summed E-state index contributed by atoms with van der Waals surface area (Å²) in [6.45, 7) is 8.39. The highest BCUT2D eigenvalue weighted by molar-refractivity contribution is 7.11. The van der Waals surface area contributed by atoms with E-state index in [2.05, 4.69) is 35.4 Å². The smallest absolute Gasteiger partial charge is 0.0900 e. The molecule has 2 unspecified atom stereocenters. The molecule has 2 heterocycles. The second-order valence-corrected chi connectivity index (χ2v) is 6.39. The molecule has 110 valence electrons.